The van der Waals surface area contributed by atoms with Crippen LogP contribution >= 0.6 is 0 Å². The summed E-state index contributed by atoms with van der Waals surface area (Å²) in [6.07, 6.45) is -4.35. The normalized spacial score (nSPS) is 17.4. The van der Waals surface area contributed by atoms with Crippen LogP contribution in [0.4, 0.5) is 38.0 Å². The Kier molecular flexibility index (Phi) is 9.34. The number of alkyl halides is 6. The van der Waals surface area contributed by atoms with Gasteiger partial charge in [0.05, 0.1) is 49.5 Å². The molecular formula is C33H36F6N4O2. The first kappa shape index (κ1) is 32.6. The van der Waals surface area contributed by atoms with Crippen LogP contribution in [0.3, 0.4) is 0 Å². The third kappa shape index (κ3) is 7.89. The number of aromatic nitrogens is 2. The zero-order chi connectivity index (χ0) is 32.4. The average molecular weight is 635 g/mol. The molecule has 1 saturated heterocycles. The molecule has 2 aliphatic rings. The molecule has 45 heavy (non-hydrogen) atoms. The maximum absolute atomic E-state index is 13.7. The fraction of sp³-hybridized carbons (Fsp3) is 0.455. The Bertz CT molecular complexity index is 1480. The highest BCUT2D eigenvalue weighted by Gasteiger charge is 2.37. The molecule has 1 aliphatic heterocycles. The molecule has 0 radical (unpaired) electrons. The van der Waals surface area contributed by atoms with Crippen LogP contribution in [0.25, 0.3) is 5.57 Å². The van der Waals surface area contributed by atoms with Crippen LogP contribution in [0.15, 0.2) is 60.4 Å². The summed E-state index contributed by atoms with van der Waals surface area (Å²) >= 11 is 0. The van der Waals surface area contributed by atoms with E-state index in [2.05, 4.69) is 28.7 Å². The third-order valence-electron chi connectivity index (χ3n) is 8.29. The Morgan fingerprint density at radius 2 is 1.53 bits per heavy atom. The summed E-state index contributed by atoms with van der Waals surface area (Å²) in [6.45, 7) is 6.64. The van der Waals surface area contributed by atoms with E-state index < -0.39 is 23.5 Å². The Morgan fingerprint density at radius 1 is 0.911 bits per heavy atom. The van der Waals surface area contributed by atoms with Gasteiger partial charge in [-0.25, -0.2) is 9.97 Å². The second kappa shape index (κ2) is 12.9. The van der Waals surface area contributed by atoms with Crippen LogP contribution in [-0.2, 0) is 23.6 Å². The van der Waals surface area contributed by atoms with Gasteiger partial charge in [0.15, 0.2) is 0 Å². The summed E-state index contributed by atoms with van der Waals surface area (Å²) in [5.74, 6) is 0.892. The lowest BCUT2D eigenvalue weighted by Crippen LogP contribution is -2.36. The highest BCUT2D eigenvalue weighted by Crippen LogP contribution is 2.45. The standard InChI is InChI=1S/C33H36F6N4O2/c1-31(2)9-8-27(28-6-4-5-7-29(28)44-3)23(17-31)21-43(30-40-18-26(19-41-30)42-10-12-45-13-11-42)20-22-14-24(32(34,35)36)16-25(15-22)33(37,38)39/h4-7,14-16,18-19H,8-13,17,20-21H2,1-3H3. The molecule has 1 aliphatic carbocycles. The molecule has 0 atom stereocenters. The minimum absolute atomic E-state index is 0.0762. The largest absolute Gasteiger partial charge is 0.496 e. The van der Waals surface area contributed by atoms with Gasteiger partial charge in [-0.1, -0.05) is 32.0 Å². The summed E-state index contributed by atoms with van der Waals surface area (Å²) < 4.78 is 93.5. The van der Waals surface area contributed by atoms with E-state index >= 15 is 0 Å². The Morgan fingerprint density at radius 3 is 2.13 bits per heavy atom. The first-order valence-corrected chi connectivity index (χ1v) is 14.8. The first-order valence-electron chi connectivity index (χ1n) is 14.8. The molecule has 0 bridgehead atoms. The molecule has 0 spiro atoms. The van der Waals surface area contributed by atoms with E-state index in [9.17, 15) is 26.3 Å². The van der Waals surface area contributed by atoms with Gasteiger partial charge in [-0.2, -0.15) is 26.3 Å². The fourth-order valence-corrected chi connectivity index (χ4v) is 6.00. The van der Waals surface area contributed by atoms with E-state index in [4.69, 9.17) is 9.47 Å². The van der Waals surface area contributed by atoms with Crippen molar-refractivity contribution in [1.82, 2.24) is 9.97 Å². The number of halogens is 6. The molecule has 1 fully saturated rings. The molecule has 0 amide bonds. The summed E-state index contributed by atoms with van der Waals surface area (Å²) in [6, 6.07) is 9.30. The first-order chi connectivity index (χ1) is 21.2. The molecule has 2 aromatic carbocycles. The van der Waals surface area contributed by atoms with Gasteiger partial charge >= 0.3 is 12.4 Å². The van der Waals surface area contributed by atoms with Crippen molar-refractivity contribution in [2.75, 3.05) is 49.8 Å². The van der Waals surface area contributed by atoms with E-state index in [-0.39, 0.29) is 36.1 Å². The summed E-state index contributed by atoms with van der Waals surface area (Å²) in [7, 11) is 1.59. The van der Waals surface area contributed by atoms with Crippen molar-refractivity contribution < 1.29 is 35.8 Å². The number of hydrogen-bond donors (Lipinski definition) is 0. The zero-order valence-electron chi connectivity index (χ0n) is 25.4. The number of rotatable bonds is 8. The number of nitrogens with zero attached hydrogens (tertiary/aromatic N) is 4. The molecule has 0 N–H and O–H groups in total. The quantitative estimate of drug-likeness (QED) is 0.234. The van der Waals surface area contributed by atoms with Crippen LogP contribution in [0, 0.1) is 5.41 Å². The number of allylic oxidation sites excluding steroid dienone is 1. The maximum Gasteiger partial charge on any atom is 0.416 e. The number of benzene rings is 2. The second-order valence-electron chi connectivity index (χ2n) is 12.2. The van der Waals surface area contributed by atoms with Crippen molar-refractivity contribution in [3.8, 4) is 5.75 Å². The lowest BCUT2D eigenvalue weighted by molar-refractivity contribution is -0.143. The maximum atomic E-state index is 13.7. The number of ether oxygens (including phenoxy) is 2. The number of methoxy groups -OCH3 is 1. The molecular weight excluding hydrogens is 598 g/mol. The number of hydrogen-bond acceptors (Lipinski definition) is 6. The topological polar surface area (TPSA) is 50.7 Å². The summed E-state index contributed by atoms with van der Waals surface area (Å²) in [4.78, 5) is 12.9. The monoisotopic (exact) mass is 634 g/mol. The molecule has 0 unspecified atom stereocenters. The van der Waals surface area contributed by atoms with Crippen molar-refractivity contribution in [3.63, 3.8) is 0 Å². The lowest BCUT2D eigenvalue weighted by atomic mass is 9.72. The van der Waals surface area contributed by atoms with E-state index in [0.717, 1.165) is 47.4 Å². The van der Waals surface area contributed by atoms with E-state index in [0.29, 0.717) is 38.5 Å². The molecule has 6 nitrogen and oxygen atoms in total. The number of morpholine rings is 1. The Labute approximate surface area is 258 Å². The van der Waals surface area contributed by atoms with E-state index in [1.165, 1.54) is 0 Å². The Hall–Kier alpha value is -3.80. The van der Waals surface area contributed by atoms with Gasteiger partial charge in [0.2, 0.25) is 5.95 Å². The lowest BCUT2D eigenvalue weighted by Gasteiger charge is -2.36. The van der Waals surface area contributed by atoms with Crippen LogP contribution in [-0.4, -0.2) is 49.9 Å². The molecule has 3 aromatic rings. The third-order valence-corrected chi connectivity index (χ3v) is 8.29. The average Bonchev–Trinajstić information content (AvgIpc) is 3.00. The molecule has 242 valence electrons. The van der Waals surface area contributed by atoms with Crippen molar-refractivity contribution >= 4 is 17.2 Å². The van der Waals surface area contributed by atoms with Crippen molar-refractivity contribution in [2.24, 2.45) is 5.41 Å². The van der Waals surface area contributed by atoms with Crippen LogP contribution < -0.4 is 14.5 Å². The molecule has 0 saturated carbocycles. The van der Waals surface area contributed by atoms with Crippen molar-refractivity contribution in [3.05, 3.63) is 82.7 Å². The van der Waals surface area contributed by atoms with Gasteiger partial charge in [0, 0.05) is 31.7 Å². The number of para-hydroxylation sites is 1. The smallest absolute Gasteiger partial charge is 0.416 e. The summed E-state index contributed by atoms with van der Waals surface area (Å²) in [5, 5.41) is 0. The Balaban J connectivity index is 1.59. The van der Waals surface area contributed by atoms with Crippen LogP contribution in [0.5, 0.6) is 5.75 Å². The van der Waals surface area contributed by atoms with Gasteiger partial charge in [-0.05, 0) is 65.7 Å². The number of anilines is 2. The van der Waals surface area contributed by atoms with Gasteiger partial charge in [0.25, 0.3) is 0 Å². The highest BCUT2D eigenvalue weighted by atomic mass is 19.4. The highest BCUT2D eigenvalue weighted by molar-refractivity contribution is 5.75. The molecule has 2 heterocycles. The second-order valence-corrected chi connectivity index (χ2v) is 12.2. The predicted molar refractivity (Wildman–Crippen MR) is 160 cm³/mol. The van der Waals surface area contributed by atoms with Crippen LogP contribution in [0.2, 0.25) is 0 Å². The van der Waals surface area contributed by atoms with Gasteiger partial charge in [0.1, 0.15) is 5.75 Å². The molecule has 12 heteroatoms. The van der Waals surface area contributed by atoms with Gasteiger partial charge in [-0.15, -0.1) is 0 Å². The predicted octanol–water partition coefficient (Wildman–Crippen LogP) is 8.03. The van der Waals surface area contributed by atoms with Crippen molar-refractivity contribution in [1.29, 1.82) is 0 Å². The molecule has 5 rings (SSSR count). The fourth-order valence-electron chi connectivity index (χ4n) is 6.00. The SMILES string of the molecule is COc1ccccc1C1=C(CN(Cc2cc(C(F)(F)F)cc(C(F)(F)F)c2)c2ncc(N3CCOCC3)cn2)CC(C)(C)CC1. The molecule has 1 aromatic heterocycles. The minimum Gasteiger partial charge on any atom is -0.496 e. The van der Waals surface area contributed by atoms with E-state index in [1.54, 1.807) is 24.4 Å². The van der Waals surface area contributed by atoms with Gasteiger partial charge < -0.3 is 19.3 Å². The van der Waals surface area contributed by atoms with E-state index in [1.807, 2.05) is 24.3 Å². The van der Waals surface area contributed by atoms with Crippen LogP contribution in [0.1, 0.15) is 55.4 Å². The van der Waals surface area contributed by atoms with Crippen molar-refractivity contribution in [2.45, 2.75) is 52.0 Å². The summed E-state index contributed by atoms with van der Waals surface area (Å²) in [5.41, 5.74) is 0.773. The minimum atomic E-state index is -4.95. The zero-order valence-corrected chi connectivity index (χ0v) is 25.4. The van der Waals surface area contributed by atoms with Gasteiger partial charge in [-0.3, -0.25) is 0 Å².